The van der Waals surface area contributed by atoms with E-state index >= 15 is 0 Å². The van der Waals surface area contributed by atoms with Crippen LogP contribution in [0.25, 0.3) is 0 Å². The second-order valence-corrected chi connectivity index (χ2v) is 4.96. The highest BCUT2D eigenvalue weighted by Gasteiger charge is 2.23. The van der Waals surface area contributed by atoms with Crippen molar-refractivity contribution in [3.8, 4) is 0 Å². The topological polar surface area (TPSA) is 29.0 Å². The molecule has 0 aromatic carbocycles. The van der Waals surface area contributed by atoms with Crippen molar-refractivity contribution >= 4 is 0 Å². The van der Waals surface area contributed by atoms with Crippen LogP contribution in [0.15, 0.2) is 12.3 Å². The van der Waals surface area contributed by atoms with E-state index < -0.39 is 0 Å². The van der Waals surface area contributed by atoms with Crippen LogP contribution in [0.1, 0.15) is 44.1 Å². The summed E-state index contributed by atoms with van der Waals surface area (Å²) in [6.07, 6.45) is 4.43. The fourth-order valence-corrected chi connectivity index (χ4v) is 2.42. The lowest BCUT2D eigenvalue weighted by Gasteiger charge is -2.35. The predicted molar refractivity (Wildman–Crippen MR) is 65.5 cm³/mol. The van der Waals surface area contributed by atoms with E-state index in [4.69, 9.17) is 0 Å². The van der Waals surface area contributed by atoms with E-state index in [1.54, 1.807) is 0 Å². The van der Waals surface area contributed by atoms with E-state index in [1.165, 1.54) is 25.1 Å². The van der Waals surface area contributed by atoms with Crippen LogP contribution in [0, 0.1) is 6.92 Å². The Morgan fingerprint density at radius 1 is 1.44 bits per heavy atom. The van der Waals surface area contributed by atoms with Gasteiger partial charge in [0.15, 0.2) is 0 Å². The summed E-state index contributed by atoms with van der Waals surface area (Å²) in [7, 11) is 0. The number of aryl methyl sites for hydroxylation is 1. The van der Waals surface area contributed by atoms with Crippen molar-refractivity contribution in [2.45, 2.75) is 45.6 Å². The van der Waals surface area contributed by atoms with Crippen molar-refractivity contribution in [1.29, 1.82) is 0 Å². The molecule has 1 fully saturated rings. The van der Waals surface area contributed by atoms with Crippen LogP contribution in [-0.4, -0.2) is 34.0 Å². The zero-order valence-electron chi connectivity index (χ0n) is 10.5. The molecule has 0 amide bonds. The first-order valence-corrected chi connectivity index (χ1v) is 6.20. The highest BCUT2D eigenvalue weighted by atomic mass is 15.2. The van der Waals surface area contributed by atoms with E-state index in [9.17, 15) is 0 Å². The highest BCUT2D eigenvalue weighted by Crippen LogP contribution is 2.26. The van der Waals surface area contributed by atoms with Crippen molar-refractivity contribution in [3.63, 3.8) is 0 Å². The van der Waals surface area contributed by atoms with Crippen molar-refractivity contribution in [2.75, 3.05) is 13.1 Å². The minimum absolute atomic E-state index is 0.595. The van der Waals surface area contributed by atoms with Gasteiger partial charge in [0.1, 0.15) is 5.82 Å². The standard InChI is InChI=1S/C13H21N3/c1-10(2)16-8-4-5-12(9-16)13-6-7-14-11(3)15-13/h6-7,10,12H,4-5,8-9H2,1-3H3. The van der Waals surface area contributed by atoms with Gasteiger partial charge in [0.25, 0.3) is 0 Å². The van der Waals surface area contributed by atoms with Gasteiger partial charge in [-0.25, -0.2) is 9.97 Å². The van der Waals surface area contributed by atoms with Crippen molar-refractivity contribution in [1.82, 2.24) is 14.9 Å². The van der Waals surface area contributed by atoms with E-state index in [0.717, 1.165) is 12.4 Å². The van der Waals surface area contributed by atoms with Gasteiger partial charge in [0, 0.05) is 30.4 Å². The zero-order chi connectivity index (χ0) is 11.5. The molecule has 2 heterocycles. The molecule has 2 rings (SSSR count). The molecule has 0 N–H and O–H groups in total. The second kappa shape index (κ2) is 4.91. The third-order valence-electron chi connectivity index (χ3n) is 3.40. The molecule has 1 atom stereocenters. The van der Waals surface area contributed by atoms with E-state index in [2.05, 4.69) is 34.8 Å². The molecular weight excluding hydrogens is 198 g/mol. The molecular formula is C13H21N3. The Morgan fingerprint density at radius 3 is 2.94 bits per heavy atom. The third-order valence-corrected chi connectivity index (χ3v) is 3.40. The van der Waals surface area contributed by atoms with Crippen LogP contribution in [0.4, 0.5) is 0 Å². The Labute approximate surface area is 97.9 Å². The summed E-state index contributed by atoms with van der Waals surface area (Å²) < 4.78 is 0. The fraction of sp³-hybridized carbons (Fsp3) is 0.692. The van der Waals surface area contributed by atoms with Gasteiger partial charge in [-0.15, -0.1) is 0 Å². The van der Waals surface area contributed by atoms with Crippen LogP contribution in [0.3, 0.4) is 0 Å². The number of hydrogen-bond acceptors (Lipinski definition) is 3. The Morgan fingerprint density at radius 2 is 2.25 bits per heavy atom. The Kier molecular flexibility index (Phi) is 3.54. The number of rotatable bonds is 2. The van der Waals surface area contributed by atoms with Gasteiger partial charge < -0.3 is 4.90 Å². The molecule has 1 aromatic rings. The smallest absolute Gasteiger partial charge is 0.125 e. The predicted octanol–water partition coefficient (Wildman–Crippen LogP) is 2.37. The minimum Gasteiger partial charge on any atom is -0.300 e. The number of aromatic nitrogens is 2. The monoisotopic (exact) mass is 219 g/mol. The molecule has 88 valence electrons. The molecule has 1 aromatic heterocycles. The summed E-state index contributed by atoms with van der Waals surface area (Å²) >= 11 is 0. The molecule has 0 bridgehead atoms. The van der Waals surface area contributed by atoms with Crippen LogP contribution in [0.2, 0.25) is 0 Å². The summed E-state index contributed by atoms with van der Waals surface area (Å²) in [6, 6.07) is 2.72. The number of piperidine rings is 1. The van der Waals surface area contributed by atoms with Gasteiger partial charge in [-0.05, 0) is 46.2 Å². The maximum atomic E-state index is 4.55. The SMILES string of the molecule is Cc1nccc(C2CCCN(C(C)C)C2)n1. The van der Waals surface area contributed by atoms with Crippen molar-refractivity contribution in [2.24, 2.45) is 0 Å². The number of likely N-dealkylation sites (tertiary alicyclic amines) is 1. The Bertz CT molecular complexity index is 349. The second-order valence-electron chi connectivity index (χ2n) is 4.96. The molecule has 1 unspecified atom stereocenters. The highest BCUT2D eigenvalue weighted by molar-refractivity contribution is 5.10. The molecule has 3 heteroatoms. The molecule has 16 heavy (non-hydrogen) atoms. The maximum absolute atomic E-state index is 4.55. The molecule has 0 saturated carbocycles. The molecule has 0 aliphatic carbocycles. The number of hydrogen-bond donors (Lipinski definition) is 0. The molecule has 3 nitrogen and oxygen atoms in total. The van der Waals surface area contributed by atoms with E-state index in [0.29, 0.717) is 12.0 Å². The summed E-state index contributed by atoms with van der Waals surface area (Å²) in [6.45, 7) is 8.89. The van der Waals surface area contributed by atoms with Crippen LogP contribution in [0.5, 0.6) is 0 Å². The van der Waals surface area contributed by atoms with E-state index in [-0.39, 0.29) is 0 Å². The summed E-state index contributed by atoms with van der Waals surface area (Å²) in [5, 5.41) is 0. The van der Waals surface area contributed by atoms with E-state index in [1.807, 2.05) is 13.1 Å². The van der Waals surface area contributed by atoms with Crippen LogP contribution in [-0.2, 0) is 0 Å². The average Bonchev–Trinajstić information content (AvgIpc) is 2.29. The lowest BCUT2D eigenvalue weighted by atomic mass is 9.94. The van der Waals surface area contributed by atoms with Crippen molar-refractivity contribution in [3.05, 3.63) is 23.8 Å². The first-order valence-electron chi connectivity index (χ1n) is 6.20. The fourth-order valence-electron chi connectivity index (χ4n) is 2.42. The summed E-state index contributed by atoms with van der Waals surface area (Å²) in [4.78, 5) is 11.3. The molecule has 0 spiro atoms. The quantitative estimate of drug-likeness (QED) is 0.764. The molecule has 0 radical (unpaired) electrons. The van der Waals surface area contributed by atoms with Gasteiger partial charge in [-0.2, -0.15) is 0 Å². The van der Waals surface area contributed by atoms with Gasteiger partial charge >= 0.3 is 0 Å². The zero-order valence-corrected chi connectivity index (χ0v) is 10.5. The van der Waals surface area contributed by atoms with Gasteiger partial charge in [-0.3, -0.25) is 0 Å². The van der Waals surface area contributed by atoms with Gasteiger partial charge in [0.2, 0.25) is 0 Å². The normalized spacial score (nSPS) is 22.6. The average molecular weight is 219 g/mol. The lowest BCUT2D eigenvalue weighted by molar-refractivity contribution is 0.166. The lowest BCUT2D eigenvalue weighted by Crippen LogP contribution is -2.39. The third kappa shape index (κ3) is 2.59. The first-order chi connectivity index (χ1) is 7.66. The molecule has 1 saturated heterocycles. The Hall–Kier alpha value is -0.960. The molecule has 1 aliphatic heterocycles. The van der Waals surface area contributed by atoms with Crippen LogP contribution < -0.4 is 0 Å². The molecule has 1 aliphatic rings. The van der Waals surface area contributed by atoms with Gasteiger partial charge in [-0.1, -0.05) is 0 Å². The van der Waals surface area contributed by atoms with Crippen molar-refractivity contribution < 1.29 is 0 Å². The largest absolute Gasteiger partial charge is 0.300 e. The van der Waals surface area contributed by atoms with Crippen LogP contribution >= 0.6 is 0 Å². The van der Waals surface area contributed by atoms with Gasteiger partial charge in [0.05, 0.1) is 0 Å². The minimum atomic E-state index is 0.595. The number of nitrogens with zero attached hydrogens (tertiary/aromatic N) is 3. The first kappa shape index (κ1) is 11.5. The maximum Gasteiger partial charge on any atom is 0.125 e. The summed E-state index contributed by atoms with van der Waals surface area (Å²) in [5.41, 5.74) is 1.22. The Balaban J connectivity index is 2.09. The summed E-state index contributed by atoms with van der Waals surface area (Å²) in [5.74, 6) is 1.48.